The van der Waals surface area contributed by atoms with Gasteiger partial charge in [0.15, 0.2) is 6.29 Å². The number of nitrogens with zero attached hydrogens (tertiary/aromatic N) is 1. The topological polar surface area (TPSA) is 69.4 Å². The van der Waals surface area contributed by atoms with Crippen LogP contribution in [0.1, 0.15) is 16.8 Å². The molecule has 0 spiro atoms. The van der Waals surface area contributed by atoms with E-state index in [-0.39, 0.29) is 17.6 Å². The zero-order valence-corrected chi connectivity index (χ0v) is 8.94. The summed E-state index contributed by atoms with van der Waals surface area (Å²) < 4.78 is 40.4. The molecule has 0 amide bonds. The van der Waals surface area contributed by atoms with Crippen LogP contribution in [0.5, 0.6) is 5.75 Å². The van der Waals surface area contributed by atoms with Gasteiger partial charge in [0.2, 0.25) is 0 Å². The molecule has 0 saturated heterocycles. The Morgan fingerprint density at radius 1 is 1.39 bits per heavy atom. The van der Waals surface area contributed by atoms with E-state index in [9.17, 15) is 28.1 Å². The number of carbonyl (C=O) groups excluding carboxylic acids is 1. The molecule has 0 saturated carbocycles. The fourth-order valence-corrected chi connectivity index (χ4v) is 1.21. The van der Waals surface area contributed by atoms with E-state index in [4.69, 9.17) is 4.74 Å². The van der Waals surface area contributed by atoms with Gasteiger partial charge in [-0.05, 0) is 6.07 Å². The maximum Gasteiger partial charge on any atom is 0.392 e. The highest BCUT2D eigenvalue weighted by atomic mass is 19.4. The molecule has 1 rings (SSSR count). The quantitative estimate of drug-likeness (QED) is 0.465. The number of nitro benzene ring substituents is 1. The first-order valence-electron chi connectivity index (χ1n) is 4.77. The van der Waals surface area contributed by atoms with Gasteiger partial charge in [0.25, 0.3) is 5.69 Å². The Morgan fingerprint density at radius 3 is 2.56 bits per heavy atom. The molecular weight excluding hydrogens is 255 g/mol. The molecule has 0 aliphatic rings. The number of aldehydes is 1. The van der Waals surface area contributed by atoms with Crippen molar-refractivity contribution in [2.24, 2.45) is 0 Å². The van der Waals surface area contributed by atoms with Crippen molar-refractivity contribution in [3.63, 3.8) is 0 Å². The molecule has 0 atom stereocenters. The van der Waals surface area contributed by atoms with Crippen LogP contribution >= 0.6 is 0 Å². The lowest BCUT2D eigenvalue weighted by Gasteiger charge is -2.10. The van der Waals surface area contributed by atoms with E-state index in [0.29, 0.717) is 0 Å². The number of carbonyl (C=O) groups is 1. The number of nitro groups is 1. The Morgan fingerprint density at radius 2 is 2.06 bits per heavy atom. The van der Waals surface area contributed by atoms with Crippen LogP contribution < -0.4 is 4.74 Å². The second-order valence-corrected chi connectivity index (χ2v) is 3.28. The van der Waals surface area contributed by atoms with Crippen molar-refractivity contribution in [1.29, 1.82) is 0 Å². The summed E-state index contributed by atoms with van der Waals surface area (Å²) in [5.74, 6) is -0.233. The molecule has 0 N–H and O–H groups in total. The highest BCUT2D eigenvalue weighted by Crippen LogP contribution is 2.27. The Hall–Kier alpha value is -2.12. The van der Waals surface area contributed by atoms with Gasteiger partial charge in [0, 0.05) is 6.07 Å². The van der Waals surface area contributed by atoms with Gasteiger partial charge >= 0.3 is 6.18 Å². The summed E-state index contributed by atoms with van der Waals surface area (Å²) in [4.78, 5) is 20.5. The monoisotopic (exact) mass is 263 g/mol. The number of rotatable bonds is 5. The lowest BCUT2D eigenvalue weighted by atomic mass is 10.2. The molecule has 18 heavy (non-hydrogen) atoms. The summed E-state index contributed by atoms with van der Waals surface area (Å²) in [6.45, 7) is -0.703. The predicted molar refractivity (Wildman–Crippen MR) is 54.7 cm³/mol. The zero-order chi connectivity index (χ0) is 13.8. The van der Waals surface area contributed by atoms with Crippen molar-refractivity contribution >= 4 is 12.0 Å². The molecule has 98 valence electrons. The van der Waals surface area contributed by atoms with E-state index in [1.165, 1.54) is 12.1 Å². The largest absolute Gasteiger partial charge is 0.492 e. The number of hydrogen-bond acceptors (Lipinski definition) is 4. The van der Waals surface area contributed by atoms with Crippen LogP contribution in [0.2, 0.25) is 0 Å². The predicted octanol–water partition coefficient (Wildman–Crippen LogP) is 2.74. The van der Waals surface area contributed by atoms with Crippen LogP contribution in [-0.4, -0.2) is 24.0 Å². The molecule has 0 unspecified atom stereocenters. The first-order valence-corrected chi connectivity index (χ1v) is 4.77. The maximum absolute atomic E-state index is 11.9. The van der Waals surface area contributed by atoms with Crippen LogP contribution in [0.15, 0.2) is 18.2 Å². The first-order chi connectivity index (χ1) is 8.35. The minimum Gasteiger partial charge on any atom is -0.492 e. The van der Waals surface area contributed by atoms with Gasteiger partial charge in [-0.2, -0.15) is 13.2 Å². The smallest absolute Gasteiger partial charge is 0.392 e. The van der Waals surface area contributed by atoms with Crippen molar-refractivity contribution < 1.29 is 27.6 Å². The lowest BCUT2D eigenvalue weighted by molar-refractivity contribution is -0.385. The third-order valence-electron chi connectivity index (χ3n) is 2.00. The lowest BCUT2D eigenvalue weighted by Crippen LogP contribution is -2.13. The van der Waals surface area contributed by atoms with Crippen LogP contribution in [0, 0.1) is 10.1 Å². The van der Waals surface area contributed by atoms with E-state index in [1.54, 1.807) is 0 Å². The van der Waals surface area contributed by atoms with E-state index in [1.807, 2.05) is 0 Å². The molecule has 0 radical (unpaired) electrons. The number of halogens is 3. The number of ether oxygens (including phenoxy) is 1. The van der Waals surface area contributed by atoms with E-state index < -0.39 is 29.8 Å². The summed E-state index contributed by atoms with van der Waals surface area (Å²) in [6, 6.07) is 3.50. The SMILES string of the molecule is O=Cc1c(OCCC(F)(F)F)cccc1[N+](=O)[O-]. The van der Waals surface area contributed by atoms with E-state index in [0.717, 1.165) is 6.07 Å². The minimum absolute atomic E-state index is 0.182. The highest BCUT2D eigenvalue weighted by molar-refractivity contribution is 5.85. The molecular formula is C10H8F3NO4. The van der Waals surface area contributed by atoms with Gasteiger partial charge in [0.05, 0.1) is 18.0 Å². The fraction of sp³-hybridized carbons (Fsp3) is 0.300. The minimum atomic E-state index is -4.39. The average molecular weight is 263 g/mol. The summed E-state index contributed by atoms with van der Waals surface area (Å²) in [6.07, 6.45) is -5.41. The van der Waals surface area contributed by atoms with E-state index in [2.05, 4.69) is 0 Å². The summed E-state index contributed by atoms with van der Waals surface area (Å²) in [7, 11) is 0. The molecule has 1 aromatic rings. The van der Waals surface area contributed by atoms with Crippen molar-refractivity contribution in [1.82, 2.24) is 0 Å². The molecule has 0 fully saturated rings. The molecule has 0 bridgehead atoms. The molecule has 5 nitrogen and oxygen atoms in total. The Balaban J connectivity index is 2.86. The van der Waals surface area contributed by atoms with Crippen LogP contribution in [0.4, 0.5) is 18.9 Å². The summed E-state index contributed by atoms with van der Waals surface area (Å²) >= 11 is 0. The summed E-state index contributed by atoms with van der Waals surface area (Å²) in [5.41, 5.74) is -0.876. The number of benzene rings is 1. The van der Waals surface area contributed by atoms with Crippen molar-refractivity contribution in [2.45, 2.75) is 12.6 Å². The van der Waals surface area contributed by atoms with Crippen molar-refractivity contribution in [2.75, 3.05) is 6.61 Å². The first kappa shape index (κ1) is 13.9. The normalized spacial score (nSPS) is 11.1. The highest BCUT2D eigenvalue weighted by Gasteiger charge is 2.27. The van der Waals surface area contributed by atoms with Crippen molar-refractivity contribution in [3.05, 3.63) is 33.9 Å². The molecule has 1 aromatic carbocycles. The van der Waals surface area contributed by atoms with Gasteiger partial charge < -0.3 is 4.74 Å². The fourth-order valence-electron chi connectivity index (χ4n) is 1.21. The second kappa shape index (κ2) is 5.48. The third kappa shape index (κ3) is 3.72. The van der Waals surface area contributed by atoms with Crippen LogP contribution in [-0.2, 0) is 0 Å². The molecule has 0 aliphatic carbocycles. The van der Waals surface area contributed by atoms with Crippen LogP contribution in [0.3, 0.4) is 0 Å². The average Bonchev–Trinajstić information content (AvgIpc) is 2.26. The molecule has 8 heteroatoms. The maximum atomic E-state index is 11.9. The number of alkyl halides is 3. The van der Waals surface area contributed by atoms with Crippen molar-refractivity contribution in [3.8, 4) is 5.75 Å². The van der Waals surface area contributed by atoms with E-state index >= 15 is 0 Å². The van der Waals surface area contributed by atoms with Gasteiger partial charge in [-0.15, -0.1) is 0 Å². The van der Waals surface area contributed by atoms with Crippen LogP contribution in [0.25, 0.3) is 0 Å². The third-order valence-corrected chi connectivity index (χ3v) is 2.00. The zero-order valence-electron chi connectivity index (χ0n) is 8.94. The molecule has 0 heterocycles. The Bertz CT molecular complexity index is 459. The molecule has 0 aliphatic heterocycles. The van der Waals surface area contributed by atoms with Gasteiger partial charge in [0.1, 0.15) is 11.3 Å². The summed E-state index contributed by atoms with van der Waals surface area (Å²) in [5, 5.41) is 10.6. The molecule has 0 aromatic heterocycles. The Labute approximate surface area is 99.3 Å². The van der Waals surface area contributed by atoms with Gasteiger partial charge in [-0.1, -0.05) is 6.07 Å². The van der Waals surface area contributed by atoms with Gasteiger partial charge in [-0.3, -0.25) is 14.9 Å². The standard InChI is InChI=1S/C10H8F3NO4/c11-10(12,13)4-5-18-9-3-1-2-8(14(16)17)7(9)6-15/h1-3,6H,4-5H2. The number of hydrogen-bond donors (Lipinski definition) is 0. The van der Waals surface area contributed by atoms with Gasteiger partial charge in [-0.25, -0.2) is 0 Å². The Kier molecular flexibility index (Phi) is 4.24. The second-order valence-electron chi connectivity index (χ2n) is 3.28.